The van der Waals surface area contributed by atoms with Gasteiger partial charge in [-0.05, 0) is 47.5 Å². The van der Waals surface area contributed by atoms with Crippen molar-refractivity contribution in [3.63, 3.8) is 0 Å². The Bertz CT molecular complexity index is 1930. The average Bonchev–Trinajstić information content (AvgIpc) is 3.07. The molecule has 0 bridgehead atoms. The van der Waals surface area contributed by atoms with Crippen LogP contribution < -0.4 is 4.72 Å². The second-order valence-corrected chi connectivity index (χ2v) is 13.0. The molecule has 1 aliphatic heterocycles. The molecule has 1 unspecified atom stereocenters. The molecule has 5 aromatic rings. The first-order valence-corrected chi connectivity index (χ1v) is 16.6. The molecule has 1 saturated heterocycles. The van der Waals surface area contributed by atoms with E-state index in [9.17, 15) is 23.4 Å². The van der Waals surface area contributed by atoms with Crippen molar-refractivity contribution in [3.8, 4) is 0 Å². The number of carbonyl (C=O) groups is 1. The Morgan fingerprint density at radius 3 is 2.47 bits per heavy atom. The molecule has 10 nitrogen and oxygen atoms in total. The first-order valence-electron chi connectivity index (χ1n) is 14.1. The molecular formula is C33H29N3O7S2. The zero-order valence-corrected chi connectivity index (χ0v) is 25.4. The fourth-order valence-corrected chi connectivity index (χ4v) is 7.35. The number of aliphatic hydroxyl groups excluding tert-OH is 1. The third-order valence-corrected chi connectivity index (χ3v) is 9.87. The number of carboxylic acids is 1. The first-order chi connectivity index (χ1) is 21.8. The number of aliphatic hydroxyl groups is 1. The van der Waals surface area contributed by atoms with Crippen molar-refractivity contribution in [3.05, 3.63) is 126 Å². The number of rotatable bonds is 10. The summed E-state index contributed by atoms with van der Waals surface area (Å²) in [7, 11) is -3.98. The summed E-state index contributed by atoms with van der Waals surface area (Å²) in [5, 5.41) is 20.2. The number of fused-ring (bicyclic) bond motifs is 1. The van der Waals surface area contributed by atoms with Crippen molar-refractivity contribution in [1.82, 2.24) is 9.97 Å². The highest BCUT2D eigenvalue weighted by Crippen LogP contribution is 2.40. The van der Waals surface area contributed by atoms with Crippen LogP contribution in [-0.2, 0) is 26.1 Å². The maximum Gasteiger partial charge on any atom is 0.338 e. The van der Waals surface area contributed by atoms with Crippen molar-refractivity contribution < 1.29 is 32.9 Å². The van der Waals surface area contributed by atoms with Crippen LogP contribution in [0.5, 0.6) is 0 Å². The number of aromatic carboxylic acids is 1. The quantitative estimate of drug-likeness (QED) is 0.156. The summed E-state index contributed by atoms with van der Waals surface area (Å²) in [6.45, 7) is -0.0790. The molecule has 45 heavy (non-hydrogen) atoms. The van der Waals surface area contributed by atoms with Gasteiger partial charge >= 0.3 is 5.97 Å². The average molecular weight is 644 g/mol. The number of hydrogen-bond acceptors (Lipinski definition) is 9. The molecule has 3 heterocycles. The number of thioether (sulfide) groups is 1. The van der Waals surface area contributed by atoms with Gasteiger partial charge in [-0.2, -0.15) is 0 Å². The summed E-state index contributed by atoms with van der Waals surface area (Å²) in [6, 6.07) is 25.9. The van der Waals surface area contributed by atoms with Gasteiger partial charge in [0, 0.05) is 41.2 Å². The largest absolute Gasteiger partial charge is 0.478 e. The number of nitrogens with zero attached hydrogens (tertiary/aromatic N) is 2. The van der Waals surface area contributed by atoms with E-state index in [2.05, 4.69) is 14.7 Å². The number of carboxylic acid groups (broad SMARTS) is 1. The number of aromatic nitrogens is 2. The van der Waals surface area contributed by atoms with Crippen LogP contribution in [0.2, 0.25) is 0 Å². The molecular weight excluding hydrogens is 615 g/mol. The third kappa shape index (κ3) is 7.00. The topological polar surface area (TPSA) is 148 Å². The molecule has 1 aliphatic rings. The lowest BCUT2D eigenvalue weighted by Gasteiger charge is -2.36. The maximum absolute atomic E-state index is 13.5. The molecule has 3 aromatic carbocycles. The molecule has 3 N–H and O–H groups in total. The lowest BCUT2D eigenvalue weighted by molar-refractivity contribution is -0.245. The van der Waals surface area contributed by atoms with Crippen LogP contribution in [0, 0.1) is 0 Å². The molecule has 230 valence electrons. The summed E-state index contributed by atoms with van der Waals surface area (Å²) >= 11 is 1.29. The first kappa shape index (κ1) is 30.7. The van der Waals surface area contributed by atoms with Crippen molar-refractivity contribution >= 4 is 44.3 Å². The normalized spacial score (nSPS) is 18.5. The van der Waals surface area contributed by atoms with Crippen molar-refractivity contribution in [2.24, 2.45) is 0 Å². The van der Waals surface area contributed by atoms with E-state index in [4.69, 9.17) is 9.47 Å². The smallest absolute Gasteiger partial charge is 0.338 e. The van der Waals surface area contributed by atoms with Gasteiger partial charge in [0.2, 0.25) is 0 Å². The second kappa shape index (κ2) is 13.3. The molecule has 0 saturated carbocycles. The molecule has 0 spiro atoms. The van der Waals surface area contributed by atoms with E-state index in [1.165, 1.54) is 23.9 Å². The van der Waals surface area contributed by atoms with E-state index >= 15 is 0 Å². The van der Waals surface area contributed by atoms with E-state index < -0.39 is 22.3 Å². The van der Waals surface area contributed by atoms with Gasteiger partial charge in [-0.1, -0.05) is 54.6 Å². The molecule has 0 aliphatic carbocycles. The molecule has 0 amide bonds. The van der Waals surface area contributed by atoms with E-state index in [0.29, 0.717) is 39.4 Å². The highest BCUT2D eigenvalue weighted by atomic mass is 32.2. The van der Waals surface area contributed by atoms with E-state index in [-0.39, 0.29) is 29.3 Å². The maximum atomic E-state index is 13.5. The van der Waals surface area contributed by atoms with Crippen LogP contribution in [0.15, 0.2) is 113 Å². The molecule has 6 rings (SSSR count). The molecule has 0 radical (unpaired) electrons. The number of nitrogens with one attached hydrogen (secondary N) is 1. The van der Waals surface area contributed by atoms with E-state index in [1.54, 1.807) is 67.0 Å². The zero-order chi connectivity index (χ0) is 31.4. The minimum atomic E-state index is -3.98. The van der Waals surface area contributed by atoms with Gasteiger partial charge < -0.3 is 19.7 Å². The van der Waals surface area contributed by atoms with Crippen molar-refractivity contribution in [1.29, 1.82) is 0 Å². The van der Waals surface area contributed by atoms with Gasteiger partial charge in [0.15, 0.2) is 6.29 Å². The van der Waals surface area contributed by atoms with E-state index in [0.717, 1.165) is 11.1 Å². The van der Waals surface area contributed by atoms with Crippen LogP contribution in [0.3, 0.4) is 0 Å². The Labute approximate surface area is 264 Å². The lowest BCUT2D eigenvalue weighted by atomic mass is 10.0. The molecule has 1 fully saturated rings. The Hall–Kier alpha value is -4.33. The second-order valence-electron chi connectivity index (χ2n) is 10.4. The fraction of sp³-hybridized carbons (Fsp3) is 0.182. The Kier molecular flexibility index (Phi) is 9.10. The number of anilines is 1. The predicted molar refractivity (Wildman–Crippen MR) is 169 cm³/mol. The highest BCUT2D eigenvalue weighted by molar-refractivity contribution is 7.99. The van der Waals surface area contributed by atoms with Crippen molar-refractivity contribution in [2.45, 2.75) is 41.4 Å². The summed E-state index contributed by atoms with van der Waals surface area (Å²) < 4.78 is 42.4. The number of para-hydroxylation sites is 1. The number of hydrogen-bond donors (Lipinski definition) is 3. The Morgan fingerprint density at radius 2 is 1.67 bits per heavy atom. The molecule has 2 aromatic heterocycles. The third-order valence-electron chi connectivity index (χ3n) is 7.32. The monoisotopic (exact) mass is 643 g/mol. The van der Waals surface area contributed by atoms with Crippen LogP contribution in [0.1, 0.15) is 45.9 Å². The molecule has 3 atom stereocenters. The Balaban J connectivity index is 1.26. The van der Waals surface area contributed by atoms with Crippen LogP contribution in [0.25, 0.3) is 10.9 Å². The molecule has 12 heteroatoms. The number of pyridine rings is 2. The van der Waals surface area contributed by atoms with Gasteiger partial charge in [0.25, 0.3) is 10.0 Å². The lowest BCUT2D eigenvalue weighted by Crippen LogP contribution is -2.31. The summed E-state index contributed by atoms with van der Waals surface area (Å²) in [5.41, 5.74) is 3.07. The number of benzene rings is 3. The minimum Gasteiger partial charge on any atom is -0.478 e. The van der Waals surface area contributed by atoms with Gasteiger partial charge in [-0.25, -0.2) is 18.2 Å². The zero-order valence-electron chi connectivity index (χ0n) is 23.8. The summed E-state index contributed by atoms with van der Waals surface area (Å²) in [5.74, 6) is -0.653. The van der Waals surface area contributed by atoms with Gasteiger partial charge in [-0.15, -0.1) is 11.8 Å². The number of ether oxygens (including phenoxy) is 2. The number of sulfonamides is 1. The Morgan fingerprint density at radius 1 is 0.911 bits per heavy atom. The highest BCUT2D eigenvalue weighted by Gasteiger charge is 2.33. The van der Waals surface area contributed by atoms with Crippen LogP contribution >= 0.6 is 11.8 Å². The summed E-state index contributed by atoms with van der Waals surface area (Å²) in [6.07, 6.45) is 2.00. The van der Waals surface area contributed by atoms with Gasteiger partial charge in [0.05, 0.1) is 29.9 Å². The van der Waals surface area contributed by atoms with Gasteiger partial charge in [0.1, 0.15) is 9.92 Å². The van der Waals surface area contributed by atoms with E-state index in [1.807, 2.05) is 24.3 Å². The fourth-order valence-electron chi connectivity index (χ4n) is 5.12. The van der Waals surface area contributed by atoms with Crippen LogP contribution in [0.4, 0.5) is 5.69 Å². The standard InChI is InChI=1S/C33H29N3O7S2/c37-19-21-11-13-22(14-12-21)28-18-26(20-44-31-27(32(38)39)9-4-16-35-31)42-33(43-28)24-6-1-8-25(17-24)36-45(40,41)29-10-2-5-23-7-3-15-34-30(23)29/h1-17,26,28,33,36-37H,18-20H2,(H,38,39)/t26-,28+,33?/m0/s1. The minimum absolute atomic E-state index is 0.0647. The van der Waals surface area contributed by atoms with Crippen LogP contribution in [-0.4, -0.2) is 46.4 Å². The summed E-state index contributed by atoms with van der Waals surface area (Å²) in [4.78, 5) is 20.3. The predicted octanol–water partition coefficient (Wildman–Crippen LogP) is 5.96. The SMILES string of the molecule is O=C(O)c1cccnc1SC[C@@H]1C[C@H](c2ccc(CO)cc2)OC(c2cccc(NS(=O)(=O)c3cccc4cccnc34)c2)O1. The van der Waals surface area contributed by atoms with Crippen molar-refractivity contribution in [2.75, 3.05) is 10.5 Å². The van der Waals surface area contributed by atoms with Gasteiger partial charge in [-0.3, -0.25) is 9.71 Å².